The number of nitrogens with zero attached hydrogens (tertiary/aromatic N) is 1. The van der Waals surface area contributed by atoms with Crippen LogP contribution in [0.3, 0.4) is 0 Å². The molecule has 1 atom stereocenters. The number of sulfonamides is 1. The summed E-state index contributed by atoms with van der Waals surface area (Å²) in [6.45, 7) is 6.92. The van der Waals surface area contributed by atoms with Crippen molar-refractivity contribution in [3.63, 3.8) is 0 Å². The lowest BCUT2D eigenvalue weighted by atomic mass is 10.1. The van der Waals surface area contributed by atoms with Crippen LogP contribution in [0.5, 0.6) is 0 Å². The summed E-state index contributed by atoms with van der Waals surface area (Å²) in [4.78, 5) is 0.323. The van der Waals surface area contributed by atoms with Crippen molar-refractivity contribution >= 4 is 10.0 Å². The average molecular weight is 284 g/mol. The lowest BCUT2D eigenvalue weighted by Gasteiger charge is -2.21. The zero-order chi connectivity index (χ0) is 14.6. The molecule has 0 amide bonds. The minimum atomic E-state index is -3.42. The van der Waals surface area contributed by atoms with Crippen LogP contribution >= 0.6 is 0 Å². The lowest BCUT2D eigenvalue weighted by Crippen LogP contribution is -2.31. The standard InChI is InChI=1S/C14H24N2O2S/c1-5-11(2)10-16(4)19(17,18)14-7-6-12(3)13(8-14)9-15/h6-8,11H,5,9-10,15H2,1-4H3. The van der Waals surface area contributed by atoms with Gasteiger partial charge in [0.1, 0.15) is 0 Å². The normalized spacial score (nSPS) is 13.8. The molecule has 0 spiro atoms. The highest BCUT2D eigenvalue weighted by Crippen LogP contribution is 2.19. The molecular weight excluding hydrogens is 260 g/mol. The summed E-state index contributed by atoms with van der Waals surface area (Å²) in [6.07, 6.45) is 0.960. The van der Waals surface area contributed by atoms with E-state index in [9.17, 15) is 8.42 Å². The third-order valence-electron chi connectivity index (χ3n) is 3.51. The van der Waals surface area contributed by atoms with E-state index < -0.39 is 10.0 Å². The Labute approximate surface area is 116 Å². The van der Waals surface area contributed by atoms with Gasteiger partial charge in [-0.25, -0.2) is 12.7 Å². The van der Waals surface area contributed by atoms with Crippen molar-refractivity contribution in [2.24, 2.45) is 11.7 Å². The Bertz CT molecular complexity index is 526. The van der Waals surface area contributed by atoms with Gasteiger partial charge < -0.3 is 5.73 Å². The molecule has 2 N–H and O–H groups in total. The van der Waals surface area contributed by atoms with E-state index in [-0.39, 0.29) is 0 Å². The third-order valence-corrected chi connectivity index (χ3v) is 5.33. The van der Waals surface area contributed by atoms with Crippen LogP contribution in [0.15, 0.2) is 23.1 Å². The monoisotopic (exact) mass is 284 g/mol. The predicted octanol–water partition coefficient (Wildman–Crippen LogP) is 2.12. The maximum Gasteiger partial charge on any atom is 0.242 e. The van der Waals surface area contributed by atoms with Crippen LogP contribution in [0.4, 0.5) is 0 Å². The molecule has 108 valence electrons. The SMILES string of the molecule is CCC(C)CN(C)S(=O)(=O)c1ccc(C)c(CN)c1. The summed E-state index contributed by atoms with van der Waals surface area (Å²) >= 11 is 0. The molecule has 0 bridgehead atoms. The van der Waals surface area contributed by atoms with Gasteiger partial charge in [0.2, 0.25) is 10.0 Å². The number of aryl methyl sites for hydroxylation is 1. The van der Waals surface area contributed by atoms with E-state index in [1.165, 1.54) is 4.31 Å². The van der Waals surface area contributed by atoms with Gasteiger partial charge in [-0.3, -0.25) is 0 Å². The van der Waals surface area contributed by atoms with E-state index in [0.717, 1.165) is 17.5 Å². The fraction of sp³-hybridized carbons (Fsp3) is 0.571. The second kappa shape index (κ2) is 6.50. The van der Waals surface area contributed by atoms with Gasteiger partial charge in [-0.05, 0) is 36.1 Å². The first-order valence-electron chi connectivity index (χ1n) is 6.58. The highest BCUT2D eigenvalue weighted by Gasteiger charge is 2.22. The number of hydrogen-bond acceptors (Lipinski definition) is 3. The molecule has 0 saturated heterocycles. The van der Waals surface area contributed by atoms with E-state index in [1.807, 2.05) is 19.9 Å². The molecule has 1 unspecified atom stereocenters. The van der Waals surface area contributed by atoms with Gasteiger partial charge in [0, 0.05) is 20.1 Å². The van der Waals surface area contributed by atoms with E-state index in [1.54, 1.807) is 19.2 Å². The maximum absolute atomic E-state index is 12.4. The summed E-state index contributed by atoms with van der Waals surface area (Å²) in [5, 5.41) is 0. The van der Waals surface area contributed by atoms with Crippen molar-refractivity contribution in [1.82, 2.24) is 4.31 Å². The fourth-order valence-electron chi connectivity index (χ4n) is 1.87. The van der Waals surface area contributed by atoms with Crippen LogP contribution in [0.25, 0.3) is 0 Å². The van der Waals surface area contributed by atoms with Crippen LogP contribution in [-0.2, 0) is 16.6 Å². The number of nitrogens with two attached hydrogens (primary N) is 1. The van der Waals surface area contributed by atoms with Crippen molar-refractivity contribution < 1.29 is 8.42 Å². The highest BCUT2D eigenvalue weighted by atomic mass is 32.2. The van der Waals surface area contributed by atoms with Gasteiger partial charge in [-0.1, -0.05) is 26.3 Å². The molecule has 19 heavy (non-hydrogen) atoms. The lowest BCUT2D eigenvalue weighted by molar-refractivity contribution is 0.393. The first-order chi connectivity index (χ1) is 8.82. The summed E-state index contributed by atoms with van der Waals surface area (Å²) in [5.74, 6) is 0.346. The van der Waals surface area contributed by atoms with Crippen molar-refractivity contribution in [2.75, 3.05) is 13.6 Å². The zero-order valence-corrected chi connectivity index (χ0v) is 13.0. The Balaban J connectivity index is 3.06. The summed E-state index contributed by atoms with van der Waals surface area (Å²) in [5.41, 5.74) is 7.53. The maximum atomic E-state index is 12.4. The van der Waals surface area contributed by atoms with Crippen molar-refractivity contribution in [3.05, 3.63) is 29.3 Å². The van der Waals surface area contributed by atoms with Crippen molar-refractivity contribution in [1.29, 1.82) is 0 Å². The topological polar surface area (TPSA) is 63.4 Å². The summed E-state index contributed by atoms with van der Waals surface area (Å²) in [6, 6.07) is 5.14. The fourth-order valence-corrected chi connectivity index (χ4v) is 3.22. The van der Waals surface area contributed by atoms with E-state index in [4.69, 9.17) is 5.73 Å². The van der Waals surface area contributed by atoms with Crippen LogP contribution in [0.2, 0.25) is 0 Å². The summed E-state index contributed by atoms with van der Waals surface area (Å²) < 4.78 is 26.3. The van der Waals surface area contributed by atoms with Crippen molar-refractivity contribution in [3.8, 4) is 0 Å². The van der Waals surface area contributed by atoms with E-state index in [2.05, 4.69) is 6.92 Å². The molecule has 5 heteroatoms. The van der Waals surface area contributed by atoms with Crippen LogP contribution in [0.1, 0.15) is 31.4 Å². The Morgan fingerprint density at radius 3 is 2.53 bits per heavy atom. The largest absolute Gasteiger partial charge is 0.326 e. The molecule has 1 aromatic carbocycles. The molecule has 0 fully saturated rings. The molecule has 1 rings (SSSR count). The minimum Gasteiger partial charge on any atom is -0.326 e. The molecule has 0 radical (unpaired) electrons. The second-order valence-corrected chi connectivity index (χ2v) is 7.14. The Kier molecular flexibility index (Phi) is 5.52. The molecule has 0 aliphatic carbocycles. The predicted molar refractivity (Wildman–Crippen MR) is 78.3 cm³/mol. The molecule has 0 aliphatic rings. The Hall–Kier alpha value is -0.910. The average Bonchev–Trinajstić information content (AvgIpc) is 2.38. The molecule has 0 heterocycles. The van der Waals surface area contributed by atoms with Gasteiger partial charge in [0.05, 0.1) is 4.90 Å². The number of benzene rings is 1. The smallest absolute Gasteiger partial charge is 0.242 e. The third kappa shape index (κ3) is 3.78. The van der Waals surface area contributed by atoms with Crippen LogP contribution in [-0.4, -0.2) is 26.3 Å². The minimum absolute atomic E-state index is 0.323. The van der Waals surface area contributed by atoms with Gasteiger partial charge >= 0.3 is 0 Å². The Morgan fingerprint density at radius 2 is 2.00 bits per heavy atom. The summed E-state index contributed by atoms with van der Waals surface area (Å²) in [7, 11) is -1.79. The van der Waals surface area contributed by atoms with E-state index in [0.29, 0.717) is 23.9 Å². The first kappa shape index (κ1) is 16.1. The number of hydrogen-bond donors (Lipinski definition) is 1. The molecule has 1 aromatic rings. The number of rotatable bonds is 6. The quantitative estimate of drug-likeness (QED) is 0.870. The second-order valence-electron chi connectivity index (χ2n) is 5.09. The highest BCUT2D eigenvalue weighted by molar-refractivity contribution is 7.89. The Morgan fingerprint density at radius 1 is 1.37 bits per heavy atom. The van der Waals surface area contributed by atoms with Crippen LogP contribution < -0.4 is 5.73 Å². The zero-order valence-electron chi connectivity index (χ0n) is 12.2. The van der Waals surface area contributed by atoms with Crippen molar-refractivity contribution in [2.45, 2.75) is 38.6 Å². The molecule has 0 saturated carbocycles. The van der Waals surface area contributed by atoms with Crippen LogP contribution in [0, 0.1) is 12.8 Å². The molecular formula is C14H24N2O2S. The van der Waals surface area contributed by atoms with E-state index >= 15 is 0 Å². The first-order valence-corrected chi connectivity index (χ1v) is 8.02. The van der Waals surface area contributed by atoms with Gasteiger partial charge in [-0.2, -0.15) is 0 Å². The van der Waals surface area contributed by atoms with Gasteiger partial charge in [0.15, 0.2) is 0 Å². The van der Waals surface area contributed by atoms with Gasteiger partial charge in [0.25, 0.3) is 0 Å². The molecule has 0 aliphatic heterocycles. The van der Waals surface area contributed by atoms with Gasteiger partial charge in [-0.15, -0.1) is 0 Å². The molecule has 4 nitrogen and oxygen atoms in total. The molecule has 0 aromatic heterocycles.